The number of nitrogens with one attached hydrogen (secondary N) is 1. The lowest BCUT2D eigenvalue weighted by atomic mass is 9.99. The van der Waals surface area contributed by atoms with E-state index in [-0.39, 0.29) is 11.8 Å². The predicted octanol–water partition coefficient (Wildman–Crippen LogP) is 3.61. The first-order chi connectivity index (χ1) is 8.38. The number of carbonyl (C=O) groups excluding carboxylic acids is 1. The lowest BCUT2D eigenvalue weighted by Crippen LogP contribution is -2.40. The van der Waals surface area contributed by atoms with E-state index in [1.165, 1.54) is 0 Å². The highest BCUT2D eigenvalue weighted by Gasteiger charge is 2.21. The number of anilines is 1. The van der Waals surface area contributed by atoms with Gasteiger partial charge in [-0.1, -0.05) is 49.5 Å². The summed E-state index contributed by atoms with van der Waals surface area (Å²) < 4.78 is 0. The van der Waals surface area contributed by atoms with Gasteiger partial charge in [0.1, 0.15) is 0 Å². The molecular weight excluding hydrogens is 271 g/mol. The molecule has 18 heavy (non-hydrogen) atoms. The predicted molar refractivity (Wildman–Crippen MR) is 77.3 cm³/mol. The number of carbonyl (C=O) groups is 1. The van der Waals surface area contributed by atoms with Crippen molar-refractivity contribution in [3.05, 3.63) is 27.7 Å². The van der Waals surface area contributed by atoms with Crippen LogP contribution in [0.1, 0.15) is 25.8 Å². The summed E-state index contributed by atoms with van der Waals surface area (Å²) in [5, 5.41) is 3.57. The second kappa shape index (κ2) is 6.41. The van der Waals surface area contributed by atoms with Crippen molar-refractivity contribution in [2.75, 3.05) is 5.32 Å². The minimum absolute atomic E-state index is 0.104. The van der Waals surface area contributed by atoms with E-state index >= 15 is 0 Å². The number of halogens is 2. The van der Waals surface area contributed by atoms with Crippen molar-refractivity contribution in [3.8, 4) is 0 Å². The van der Waals surface area contributed by atoms with Gasteiger partial charge in [0.2, 0.25) is 5.91 Å². The van der Waals surface area contributed by atoms with Crippen LogP contribution in [-0.2, 0) is 4.79 Å². The van der Waals surface area contributed by atoms with Crippen LogP contribution in [-0.4, -0.2) is 11.9 Å². The van der Waals surface area contributed by atoms with Gasteiger partial charge < -0.3 is 11.1 Å². The van der Waals surface area contributed by atoms with Gasteiger partial charge in [0, 0.05) is 0 Å². The molecule has 0 saturated heterocycles. The summed E-state index contributed by atoms with van der Waals surface area (Å²) in [4.78, 5) is 12.0. The fourth-order valence-corrected chi connectivity index (χ4v) is 1.96. The van der Waals surface area contributed by atoms with Crippen LogP contribution in [0.4, 0.5) is 5.69 Å². The first kappa shape index (κ1) is 15.3. The number of nitrogens with two attached hydrogens (primary N) is 1. The van der Waals surface area contributed by atoms with Gasteiger partial charge in [0.15, 0.2) is 0 Å². The average molecular weight is 289 g/mol. The van der Waals surface area contributed by atoms with Gasteiger partial charge in [-0.25, -0.2) is 0 Å². The maximum absolute atomic E-state index is 12.0. The van der Waals surface area contributed by atoms with E-state index in [9.17, 15) is 4.79 Å². The van der Waals surface area contributed by atoms with Crippen molar-refractivity contribution in [3.63, 3.8) is 0 Å². The molecule has 100 valence electrons. The number of amides is 1. The molecule has 0 aliphatic heterocycles. The number of rotatable bonds is 4. The zero-order valence-corrected chi connectivity index (χ0v) is 12.3. The van der Waals surface area contributed by atoms with Crippen molar-refractivity contribution in [1.29, 1.82) is 0 Å². The van der Waals surface area contributed by atoms with Crippen LogP contribution < -0.4 is 11.1 Å². The Morgan fingerprint density at radius 2 is 2.06 bits per heavy atom. The number of benzene rings is 1. The lowest BCUT2D eigenvalue weighted by Gasteiger charge is -2.19. The van der Waals surface area contributed by atoms with Crippen LogP contribution in [0.25, 0.3) is 0 Å². The van der Waals surface area contributed by atoms with Crippen LogP contribution in [0, 0.1) is 12.8 Å². The second-order valence-electron chi connectivity index (χ2n) is 4.45. The smallest absolute Gasteiger partial charge is 0.241 e. The number of aryl methyl sites for hydroxylation is 1. The van der Waals surface area contributed by atoms with E-state index in [0.29, 0.717) is 15.7 Å². The normalized spacial score (nSPS) is 14.1. The van der Waals surface area contributed by atoms with E-state index < -0.39 is 6.04 Å². The molecule has 5 heteroatoms. The molecule has 1 rings (SSSR count). The van der Waals surface area contributed by atoms with Crippen molar-refractivity contribution >= 4 is 34.8 Å². The van der Waals surface area contributed by atoms with Crippen molar-refractivity contribution in [2.24, 2.45) is 11.7 Å². The Bertz CT molecular complexity index is 449. The molecule has 3 nitrogen and oxygen atoms in total. The highest BCUT2D eigenvalue weighted by Crippen LogP contribution is 2.33. The number of hydrogen-bond donors (Lipinski definition) is 2. The fraction of sp³-hybridized carbons (Fsp3) is 0.462. The third-order valence-electron chi connectivity index (χ3n) is 3.09. The molecule has 1 aromatic carbocycles. The zero-order chi connectivity index (χ0) is 13.9. The van der Waals surface area contributed by atoms with E-state index in [1.807, 2.05) is 20.8 Å². The molecule has 0 aliphatic carbocycles. The van der Waals surface area contributed by atoms with E-state index in [1.54, 1.807) is 12.1 Å². The minimum Gasteiger partial charge on any atom is -0.322 e. The van der Waals surface area contributed by atoms with E-state index in [2.05, 4.69) is 5.32 Å². The van der Waals surface area contributed by atoms with Gasteiger partial charge in [0.05, 0.1) is 21.8 Å². The molecule has 0 saturated carbocycles. The fourth-order valence-electron chi connectivity index (χ4n) is 1.49. The zero-order valence-electron chi connectivity index (χ0n) is 10.8. The maximum atomic E-state index is 12.0. The summed E-state index contributed by atoms with van der Waals surface area (Å²) in [5.41, 5.74) is 7.15. The Hall–Kier alpha value is -0.770. The van der Waals surface area contributed by atoms with Gasteiger partial charge in [0.25, 0.3) is 0 Å². The third kappa shape index (κ3) is 3.37. The van der Waals surface area contributed by atoms with Crippen molar-refractivity contribution in [2.45, 2.75) is 33.2 Å². The molecule has 3 N–H and O–H groups in total. The van der Waals surface area contributed by atoms with Gasteiger partial charge in [-0.3, -0.25) is 4.79 Å². The minimum atomic E-state index is -0.567. The van der Waals surface area contributed by atoms with Crippen LogP contribution in [0.3, 0.4) is 0 Å². The van der Waals surface area contributed by atoms with Gasteiger partial charge in [-0.15, -0.1) is 0 Å². The van der Waals surface area contributed by atoms with Gasteiger partial charge >= 0.3 is 0 Å². The Labute approximate surface area is 118 Å². The maximum Gasteiger partial charge on any atom is 0.241 e. The highest BCUT2D eigenvalue weighted by atomic mass is 35.5. The third-order valence-corrected chi connectivity index (χ3v) is 3.89. The van der Waals surface area contributed by atoms with Crippen LogP contribution >= 0.6 is 23.2 Å². The average Bonchev–Trinajstić information content (AvgIpc) is 2.37. The molecule has 0 radical (unpaired) electrons. The molecule has 0 spiro atoms. The largest absolute Gasteiger partial charge is 0.322 e. The molecular formula is C13H18Cl2N2O. The standard InChI is InChI=1S/C13H18Cl2N2O/c1-4-7(2)11(16)13(18)17-12-9(14)6-5-8(3)10(12)15/h5-7,11H,4,16H2,1-3H3,(H,17,18)/t7-,11-/m0/s1. The molecule has 0 aliphatic rings. The number of hydrogen-bond acceptors (Lipinski definition) is 2. The summed E-state index contributed by atoms with van der Waals surface area (Å²) in [6.07, 6.45) is 0.837. The first-order valence-corrected chi connectivity index (χ1v) is 6.65. The quantitative estimate of drug-likeness (QED) is 0.889. The Balaban J connectivity index is 2.92. The van der Waals surface area contributed by atoms with E-state index in [0.717, 1.165) is 12.0 Å². The molecule has 0 bridgehead atoms. The Morgan fingerprint density at radius 3 is 2.61 bits per heavy atom. The van der Waals surface area contributed by atoms with Crippen LogP contribution in [0.15, 0.2) is 12.1 Å². The molecule has 0 fully saturated rings. The molecule has 0 heterocycles. The lowest BCUT2D eigenvalue weighted by molar-refractivity contribution is -0.118. The first-order valence-electron chi connectivity index (χ1n) is 5.89. The summed E-state index contributed by atoms with van der Waals surface area (Å²) in [6, 6.07) is 2.94. The van der Waals surface area contributed by atoms with Gasteiger partial charge in [-0.2, -0.15) is 0 Å². The van der Waals surface area contributed by atoms with Gasteiger partial charge in [-0.05, 0) is 24.5 Å². The van der Waals surface area contributed by atoms with Crippen LogP contribution in [0.2, 0.25) is 10.0 Å². The van der Waals surface area contributed by atoms with Crippen molar-refractivity contribution < 1.29 is 4.79 Å². The van der Waals surface area contributed by atoms with E-state index in [4.69, 9.17) is 28.9 Å². The summed E-state index contributed by atoms with van der Waals surface area (Å²) in [7, 11) is 0. The molecule has 2 atom stereocenters. The SMILES string of the molecule is CC[C@H](C)[C@H](N)C(=O)Nc1c(Cl)ccc(C)c1Cl. The second-order valence-corrected chi connectivity index (χ2v) is 5.24. The summed E-state index contributed by atoms with van der Waals surface area (Å²) in [5.74, 6) is -0.161. The highest BCUT2D eigenvalue weighted by molar-refractivity contribution is 6.40. The molecule has 0 unspecified atom stereocenters. The van der Waals surface area contributed by atoms with Crippen molar-refractivity contribution in [1.82, 2.24) is 0 Å². The van der Waals surface area contributed by atoms with Crippen LogP contribution in [0.5, 0.6) is 0 Å². The Kier molecular flexibility index (Phi) is 5.45. The Morgan fingerprint density at radius 1 is 1.44 bits per heavy atom. The monoisotopic (exact) mass is 288 g/mol. The molecule has 0 aromatic heterocycles. The summed E-state index contributed by atoms with van der Waals surface area (Å²) >= 11 is 12.1. The molecule has 1 amide bonds. The topological polar surface area (TPSA) is 55.1 Å². The summed E-state index contributed by atoms with van der Waals surface area (Å²) in [6.45, 7) is 5.77. The molecule has 1 aromatic rings.